The number of para-hydroxylation sites is 1. The number of hydrogen-bond donors (Lipinski definition) is 0. The van der Waals surface area contributed by atoms with Crippen LogP contribution < -0.4 is 4.90 Å². The molecule has 0 N–H and O–H groups in total. The van der Waals surface area contributed by atoms with E-state index in [1.165, 1.54) is 64.0 Å². The highest BCUT2D eigenvalue weighted by molar-refractivity contribution is 7.25. The first-order valence-corrected chi connectivity index (χ1v) is 16.5. The van der Waals surface area contributed by atoms with Crippen LogP contribution >= 0.6 is 11.3 Å². The lowest BCUT2D eigenvalue weighted by Crippen LogP contribution is -2.11. The molecule has 0 aliphatic carbocycles. The lowest BCUT2D eigenvalue weighted by atomic mass is 9.99. The molecule has 216 valence electrons. The molecule has 0 saturated heterocycles. The summed E-state index contributed by atoms with van der Waals surface area (Å²) < 4.78 is 2.66. The van der Waals surface area contributed by atoms with Gasteiger partial charge in [-0.2, -0.15) is 0 Å². The third-order valence-corrected chi connectivity index (χ3v) is 10.2. The molecule has 9 rings (SSSR count). The Bertz CT molecular complexity index is 2530. The van der Waals surface area contributed by atoms with Crippen LogP contribution in [0.25, 0.3) is 64.0 Å². The van der Waals surface area contributed by atoms with Crippen molar-refractivity contribution in [3.05, 3.63) is 176 Å². The van der Waals surface area contributed by atoms with Crippen molar-refractivity contribution >= 4 is 70.1 Å². The third-order valence-electron chi connectivity index (χ3n) is 9.02. The van der Waals surface area contributed by atoms with Gasteiger partial charge in [0.15, 0.2) is 0 Å². The Balaban J connectivity index is 1.17. The van der Waals surface area contributed by atoms with Crippen molar-refractivity contribution in [2.45, 2.75) is 0 Å². The standard InChI is InChI=1S/C44H29NS/c1-2-11-32(12-3-1)39-16-8-9-17-42(39)45(38-24-20-30-10-4-5-13-33(30)26-38)37-22-18-31(19-23-37)36-21-25-43-40(28-36)41-27-34-14-6-7-15-35(34)29-44(41)46-43/h1-29H. The summed E-state index contributed by atoms with van der Waals surface area (Å²) >= 11 is 1.88. The van der Waals surface area contributed by atoms with Gasteiger partial charge in [0.1, 0.15) is 0 Å². The molecule has 2 heteroatoms. The zero-order valence-corrected chi connectivity index (χ0v) is 25.9. The number of nitrogens with zero attached hydrogens (tertiary/aromatic N) is 1. The lowest BCUT2D eigenvalue weighted by molar-refractivity contribution is 1.29. The maximum Gasteiger partial charge on any atom is 0.0540 e. The maximum absolute atomic E-state index is 2.39. The van der Waals surface area contributed by atoms with Gasteiger partial charge in [0.05, 0.1) is 5.69 Å². The van der Waals surface area contributed by atoms with Crippen molar-refractivity contribution in [2.24, 2.45) is 0 Å². The molecular formula is C44H29NS. The van der Waals surface area contributed by atoms with Crippen LogP contribution in [0.15, 0.2) is 176 Å². The second-order valence-electron chi connectivity index (χ2n) is 11.8. The zero-order chi connectivity index (χ0) is 30.5. The summed E-state index contributed by atoms with van der Waals surface area (Å²) in [6.07, 6.45) is 0. The van der Waals surface area contributed by atoms with Crippen molar-refractivity contribution in [1.29, 1.82) is 0 Å². The Morgan fingerprint density at radius 3 is 1.76 bits per heavy atom. The van der Waals surface area contributed by atoms with Crippen LogP contribution in [-0.4, -0.2) is 0 Å². The molecule has 9 aromatic rings. The number of benzene rings is 8. The average Bonchev–Trinajstić information content (AvgIpc) is 3.48. The topological polar surface area (TPSA) is 3.24 Å². The van der Waals surface area contributed by atoms with Crippen LogP contribution in [0.3, 0.4) is 0 Å². The molecule has 0 spiro atoms. The van der Waals surface area contributed by atoms with Crippen LogP contribution in [0.4, 0.5) is 17.1 Å². The van der Waals surface area contributed by atoms with Crippen molar-refractivity contribution in [1.82, 2.24) is 0 Å². The van der Waals surface area contributed by atoms with E-state index in [1.54, 1.807) is 0 Å². The first-order valence-electron chi connectivity index (χ1n) is 15.7. The van der Waals surface area contributed by atoms with E-state index in [0.29, 0.717) is 0 Å². The average molecular weight is 604 g/mol. The summed E-state index contributed by atoms with van der Waals surface area (Å²) in [4.78, 5) is 2.39. The molecule has 0 saturated carbocycles. The molecule has 1 heterocycles. The predicted octanol–water partition coefficient (Wildman–Crippen LogP) is 13.2. The number of thiophene rings is 1. The maximum atomic E-state index is 2.39. The van der Waals surface area contributed by atoms with Gasteiger partial charge in [0.25, 0.3) is 0 Å². The van der Waals surface area contributed by atoms with Crippen molar-refractivity contribution < 1.29 is 0 Å². The number of rotatable bonds is 5. The van der Waals surface area contributed by atoms with Crippen LogP contribution in [0, 0.1) is 0 Å². The van der Waals surface area contributed by atoms with Gasteiger partial charge < -0.3 is 4.90 Å². The van der Waals surface area contributed by atoms with Crippen molar-refractivity contribution in [2.75, 3.05) is 4.90 Å². The highest BCUT2D eigenvalue weighted by Gasteiger charge is 2.18. The molecule has 0 amide bonds. The first-order chi connectivity index (χ1) is 22.8. The fraction of sp³-hybridized carbons (Fsp3) is 0. The summed E-state index contributed by atoms with van der Waals surface area (Å²) in [5.74, 6) is 0. The molecule has 0 unspecified atom stereocenters. The summed E-state index contributed by atoms with van der Waals surface area (Å²) in [6, 6.07) is 64.0. The SMILES string of the molecule is c1ccc(-c2ccccc2N(c2ccc(-c3ccc4sc5cc6ccccc6cc5c4c3)cc2)c2ccc3ccccc3c2)cc1. The fourth-order valence-corrected chi connectivity index (χ4v) is 7.83. The first kappa shape index (κ1) is 26.7. The van der Waals surface area contributed by atoms with Crippen molar-refractivity contribution in [3.8, 4) is 22.3 Å². The fourth-order valence-electron chi connectivity index (χ4n) is 6.72. The normalized spacial score (nSPS) is 11.5. The second kappa shape index (κ2) is 11.0. The lowest BCUT2D eigenvalue weighted by Gasteiger charge is -2.28. The van der Waals surface area contributed by atoms with Gasteiger partial charge in [0.2, 0.25) is 0 Å². The molecule has 46 heavy (non-hydrogen) atoms. The Morgan fingerprint density at radius 2 is 0.957 bits per heavy atom. The van der Waals surface area contributed by atoms with E-state index < -0.39 is 0 Å². The number of fused-ring (bicyclic) bond motifs is 5. The predicted molar refractivity (Wildman–Crippen MR) is 200 cm³/mol. The smallest absolute Gasteiger partial charge is 0.0540 e. The summed E-state index contributed by atoms with van der Waals surface area (Å²) in [5, 5.41) is 7.69. The minimum atomic E-state index is 1.12. The Labute approximate surface area is 272 Å². The molecule has 0 atom stereocenters. The van der Waals surface area contributed by atoms with Gasteiger partial charge in [-0.3, -0.25) is 0 Å². The zero-order valence-electron chi connectivity index (χ0n) is 25.1. The highest BCUT2D eigenvalue weighted by atomic mass is 32.1. The molecule has 1 aromatic heterocycles. The Morgan fingerprint density at radius 1 is 0.348 bits per heavy atom. The minimum Gasteiger partial charge on any atom is -0.310 e. The molecule has 8 aromatic carbocycles. The quantitative estimate of drug-likeness (QED) is 0.189. The number of hydrogen-bond acceptors (Lipinski definition) is 2. The van der Waals surface area contributed by atoms with Gasteiger partial charge in [-0.15, -0.1) is 11.3 Å². The molecule has 0 aliphatic rings. The van der Waals surface area contributed by atoms with Crippen LogP contribution in [0.5, 0.6) is 0 Å². The van der Waals surface area contributed by atoms with Gasteiger partial charge in [-0.1, -0.05) is 121 Å². The van der Waals surface area contributed by atoms with E-state index >= 15 is 0 Å². The van der Waals surface area contributed by atoms with Crippen molar-refractivity contribution in [3.63, 3.8) is 0 Å². The Kier molecular flexibility index (Phi) is 6.40. The molecule has 0 fully saturated rings. The molecule has 0 aliphatic heterocycles. The summed E-state index contributed by atoms with van der Waals surface area (Å²) in [7, 11) is 0. The van der Waals surface area contributed by atoms with E-state index in [4.69, 9.17) is 0 Å². The van der Waals surface area contributed by atoms with E-state index in [1.807, 2.05) is 11.3 Å². The molecule has 0 radical (unpaired) electrons. The van der Waals surface area contributed by atoms with E-state index in [0.717, 1.165) is 17.1 Å². The highest BCUT2D eigenvalue weighted by Crippen LogP contribution is 2.43. The largest absolute Gasteiger partial charge is 0.310 e. The third kappa shape index (κ3) is 4.63. The molecular weight excluding hydrogens is 575 g/mol. The minimum absolute atomic E-state index is 1.12. The van der Waals surface area contributed by atoms with Crippen LogP contribution in [0.1, 0.15) is 0 Å². The van der Waals surface area contributed by atoms with Gasteiger partial charge >= 0.3 is 0 Å². The van der Waals surface area contributed by atoms with Crippen LogP contribution in [0.2, 0.25) is 0 Å². The van der Waals surface area contributed by atoms with Crippen LogP contribution in [-0.2, 0) is 0 Å². The monoisotopic (exact) mass is 603 g/mol. The molecule has 1 nitrogen and oxygen atoms in total. The summed E-state index contributed by atoms with van der Waals surface area (Å²) in [5.41, 5.74) is 8.24. The van der Waals surface area contributed by atoms with Gasteiger partial charge in [-0.05, 0) is 92.8 Å². The van der Waals surface area contributed by atoms with E-state index in [-0.39, 0.29) is 0 Å². The number of anilines is 3. The Hall–Kier alpha value is -5.70. The van der Waals surface area contributed by atoms with E-state index in [2.05, 4.69) is 181 Å². The second-order valence-corrected chi connectivity index (χ2v) is 12.9. The molecule has 0 bridgehead atoms. The summed E-state index contributed by atoms with van der Waals surface area (Å²) in [6.45, 7) is 0. The van der Waals surface area contributed by atoms with E-state index in [9.17, 15) is 0 Å². The van der Waals surface area contributed by atoms with Gasteiger partial charge in [-0.25, -0.2) is 0 Å². The van der Waals surface area contributed by atoms with Gasteiger partial charge in [0, 0.05) is 37.1 Å².